The number of rotatable bonds is 3. The molecule has 0 aliphatic carbocycles. The van der Waals surface area contributed by atoms with Crippen molar-refractivity contribution in [2.24, 2.45) is 5.73 Å². The first-order valence-corrected chi connectivity index (χ1v) is 6.47. The molecule has 0 unspecified atom stereocenters. The van der Waals surface area contributed by atoms with Gasteiger partial charge >= 0.3 is 0 Å². The van der Waals surface area contributed by atoms with Gasteiger partial charge in [0.25, 0.3) is 0 Å². The van der Waals surface area contributed by atoms with Crippen LogP contribution in [0.25, 0.3) is 11.0 Å². The number of para-hydroxylation sites is 1. The summed E-state index contributed by atoms with van der Waals surface area (Å²) in [6.45, 7) is 1.96. The van der Waals surface area contributed by atoms with Gasteiger partial charge in [0.15, 0.2) is 0 Å². The fourth-order valence-electron chi connectivity index (χ4n) is 2.31. The molecule has 1 aliphatic heterocycles. The first kappa shape index (κ1) is 12.3. The van der Waals surface area contributed by atoms with Crippen molar-refractivity contribution in [3.05, 3.63) is 24.3 Å². The maximum atomic E-state index is 5.90. The molecule has 19 heavy (non-hydrogen) atoms. The maximum Gasteiger partial charge on any atom is 0.243 e. The van der Waals surface area contributed by atoms with E-state index in [9.17, 15) is 0 Å². The quantitative estimate of drug-likeness (QED) is 0.853. The van der Waals surface area contributed by atoms with Crippen molar-refractivity contribution in [1.82, 2.24) is 15.2 Å². The number of anilines is 1. The highest BCUT2D eigenvalue weighted by molar-refractivity contribution is 5.74. The number of nitrogens with two attached hydrogens (primary N) is 1. The van der Waals surface area contributed by atoms with Crippen LogP contribution in [0, 0.1) is 0 Å². The number of nitrogens with one attached hydrogen (secondary N) is 1. The average Bonchev–Trinajstić information content (AvgIpc) is 2.48. The third-order valence-corrected chi connectivity index (χ3v) is 3.58. The predicted octanol–water partition coefficient (Wildman–Crippen LogP) is 0.945. The van der Waals surface area contributed by atoms with Gasteiger partial charge in [-0.2, -0.15) is 0 Å². The van der Waals surface area contributed by atoms with Crippen molar-refractivity contribution >= 4 is 17.0 Å². The number of hydrogen-bond donors (Lipinski definition) is 2. The van der Waals surface area contributed by atoms with Gasteiger partial charge in [0.05, 0.1) is 11.1 Å². The summed E-state index contributed by atoms with van der Waals surface area (Å²) in [5.41, 5.74) is 7.35. The summed E-state index contributed by atoms with van der Waals surface area (Å²) in [7, 11) is 0. The molecule has 2 aromatic rings. The third kappa shape index (κ3) is 2.50. The molecule has 0 spiro atoms. The van der Waals surface area contributed by atoms with Crippen molar-refractivity contribution in [1.29, 1.82) is 0 Å². The Labute approximate surface area is 111 Å². The summed E-state index contributed by atoms with van der Waals surface area (Å²) < 4.78 is 5.38. The number of benzene rings is 1. The van der Waals surface area contributed by atoms with Gasteiger partial charge in [0.2, 0.25) is 5.95 Å². The summed E-state index contributed by atoms with van der Waals surface area (Å²) in [5, 5.41) is 11.6. The first-order valence-electron chi connectivity index (χ1n) is 6.47. The van der Waals surface area contributed by atoms with Crippen LogP contribution < -0.4 is 11.1 Å². The molecule has 0 atom stereocenters. The fourth-order valence-corrected chi connectivity index (χ4v) is 2.31. The zero-order valence-corrected chi connectivity index (χ0v) is 10.7. The number of ether oxygens (including phenoxy) is 1. The molecule has 0 amide bonds. The van der Waals surface area contributed by atoms with Crippen molar-refractivity contribution in [2.45, 2.75) is 18.4 Å². The normalized spacial score (nSPS) is 18.4. The maximum absolute atomic E-state index is 5.90. The van der Waals surface area contributed by atoms with Crippen molar-refractivity contribution in [3.63, 3.8) is 0 Å². The molecule has 1 fully saturated rings. The second-order valence-electron chi connectivity index (χ2n) is 4.85. The summed E-state index contributed by atoms with van der Waals surface area (Å²) in [6, 6.07) is 7.68. The van der Waals surface area contributed by atoms with Gasteiger partial charge in [-0.05, 0) is 25.0 Å². The molecule has 1 aromatic carbocycles. The van der Waals surface area contributed by atoms with Gasteiger partial charge in [-0.15, -0.1) is 10.2 Å². The van der Waals surface area contributed by atoms with E-state index in [1.54, 1.807) is 0 Å². The molecule has 0 saturated carbocycles. The topological polar surface area (TPSA) is 86.0 Å². The van der Waals surface area contributed by atoms with Crippen LogP contribution >= 0.6 is 0 Å². The first-order chi connectivity index (χ1) is 9.31. The Morgan fingerprint density at radius 3 is 2.63 bits per heavy atom. The summed E-state index contributed by atoms with van der Waals surface area (Å²) >= 11 is 0. The van der Waals surface area contributed by atoms with Crippen molar-refractivity contribution in [3.8, 4) is 0 Å². The fraction of sp³-hybridized carbons (Fsp3) is 0.462. The Balaban J connectivity index is 1.87. The average molecular weight is 259 g/mol. The van der Waals surface area contributed by atoms with Gasteiger partial charge in [0.1, 0.15) is 5.52 Å². The highest BCUT2D eigenvalue weighted by atomic mass is 16.5. The van der Waals surface area contributed by atoms with E-state index in [2.05, 4.69) is 20.5 Å². The Hall–Kier alpha value is -1.79. The molecule has 6 heteroatoms. The molecular weight excluding hydrogens is 242 g/mol. The van der Waals surface area contributed by atoms with Crippen LogP contribution in [-0.4, -0.2) is 40.5 Å². The van der Waals surface area contributed by atoms with Gasteiger partial charge in [-0.1, -0.05) is 12.1 Å². The van der Waals surface area contributed by atoms with E-state index in [1.165, 1.54) is 0 Å². The molecule has 1 aromatic heterocycles. The second-order valence-corrected chi connectivity index (χ2v) is 4.85. The molecule has 2 heterocycles. The summed E-state index contributed by atoms with van der Waals surface area (Å²) in [4.78, 5) is 4.48. The van der Waals surface area contributed by atoms with Gasteiger partial charge < -0.3 is 15.8 Å². The smallest absolute Gasteiger partial charge is 0.243 e. The van der Waals surface area contributed by atoms with Crippen molar-refractivity contribution in [2.75, 3.05) is 25.1 Å². The van der Waals surface area contributed by atoms with Crippen LogP contribution in [-0.2, 0) is 4.74 Å². The molecule has 100 valence electrons. The molecule has 0 radical (unpaired) electrons. The Bertz CT molecular complexity index is 568. The van der Waals surface area contributed by atoms with Crippen LogP contribution in [0.1, 0.15) is 12.8 Å². The lowest BCUT2D eigenvalue weighted by atomic mass is 9.90. The van der Waals surface area contributed by atoms with Crippen molar-refractivity contribution < 1.29 is 4.74 Å². The molecule has 1 saturated heterocycles. The van der Waals surface area contributed by atoms with Crippen LogP contribution in [0.5, 0.6) is 0 Å². The molecule has 0 bridgehead atoms. The van der Waals surface area contributed by atoms with E-state index >= 15 is 0 Å². The van der Waals surface area contributed by atoms with Crippen LogP contribution in [0.4, 0.5) is 5.95 Å². The Morgan fingerprint density at radius 1 is 1.16 bits per heavy atom. The lowest BCUT2D eigenvalue weighted by molar-refractivity contribution is 0.0625. The molecule has 3 N–H and O–H groups in total. The van der Waals surface area contributed by atoms with Crippen LogP contribution in [0.3, 0.4) is 0 Å². The van der Waals surface area contributed by atoms with Crippen LogP contribution in [0.15, 0.2) is 24.3 Å². The highest BCUT2D eigenvalue weighted by Crippen LogP contribution is 2.23. The van der Waals surface area contributed by atoms with Gasteiger partial charge in [-0.3, -0.25) is 0 Å². The number of fused-ring (bicyclic) bond motifs is 1. The number of aromatic nitrogens is 3. The van der Waals surface area contributed by atoms with Crippen LogP contribution in [0.2, 0.25) is 0 Å². The summed E-state index contributed by atoms with van der Waals surface area (Å²) in [5.74, 6) is 0.533. The van der Waals surface area contributed by atoms with Gasteiger partial charge in [-0.25, -0.2) is 4.98 Å². The molecule has 1 aliphatic rings. The summed E-state index contributed by atoms with van der Waals surface area (Å²) in [6.07, 6.45) is 1.72. The minimum Gasteiger partial charge on any atom is -0.381 e. The molecule has 3 rings (SSSR count). The number of nitrogens with zero attached hydrogens (tertiary/aromatic N) is 3. The second kappa shape index (κ2) is 5.07. The minimum atomic E-state index is -0.178. The zero-order chi connectivity index (χ0) is 13.1. The Morgan fingerprint density at radius 2 is 1.89 bits per heavy atom. The SMILES string of the molecule is NCC1(Nc2nnc3ccccc3n2)CCOCC1. The van der Waals surface area contributed by atoms with Gasteiger partial charge in [0, 0.05) is 19.8 Å². The van der Waals surface area contributed by atoms with E-state index < -0.39 is 0 Å². The van der Waals surface area contributed by atoms with E-state index in [-0.39, 0.29) is 5.54 Å². The standard InChI is InChI=1S/C13H17N5O/c14-9-13(5-7-19-8-6-13)16-12-15-10-3-1-2-4-11(10)17-18-12/h1-4H,5-9,14H2,(H,15,16,18). The molecule has 6 nitrogen and oxygen atoms in total. The predicted molar refractivity (Wildman–Crippen MR) is 72.8 cm³/mol. The van der Waals surface area contributed by atoms with E-state index in [0.29, 0.717) is 25.7 Å². The Kier molecular flexibility index (Phi) is 3.27. The minimum absolute atomic E-state index is 0.178. The monoisotopic (exact) mass is 259 g/mol. The largest absolute Gasteiger partial charge is 0.381 e. The van der Waals surface area contributed by atoms with E-state index in [1.807, 2.05) is 24.3 Å². The lowest BCUT2D eigenvalue weighted by Gasteiger charge is -2.36. The highest BCUT2D eigenvalue weighted by Gasteiger charge is 2.31. The zero-order valence-electron chi connectivity index (χ0n) is 10.7. The van der Waals surface area contributed by atoms with E-state index in [0.717, 1.165) is 23.9 Å². The third-order valence-electron chi connectivity index (χ3n) is 3.58. The van der Waals surface area contributed by atoms with E-state index in [4.69, 9.17) is 10.5 Å². The number of hydrogen-bond acceptors (Lipinski definition) is 6. The lowest BCUT2D eigenvalue weighted by Crippen LogP contribution is -2.50. The molecular formula is C13H17N5O.